The minimum absolute atomic E-state index is 0.0633. The van der Waals surface area contributed by atoms with E-state index in [0.717, 1.165) is 55.4 Å². The van der Waals surface area contributed by atoms with Crippen LogP contribution < -0.4 is 9.47 Å². The predicted molar refractivity (Wildman–Crippen MR) is 134 cm³/mol. The molecule has 0 bridgehead atoms. The second kappa shape index (κ2) is 11.7. The van der Waals surface area contributed by atoms with Crippen LogP contribution in [0.4, 0.5) is 26.3 Å². The van der Waals surface area contributed by atoms with Crippen LogP contribution in [0.1, 0.15) is 68.9 Å². The van der Waals surface area contributed by atoms with Crippen molar-refractivity contribution in [3.8, 4) is 22.6 Å². The topological polar surface area (TPSA) is 18.5 Å². The van der Waals surface area contributed by atoms with Gasteiger partial charge in [-0.05, 0) is 79.0 Å². The number of alkyl halides is 5. The summed E-state index contributed by atoms with van der Waals surface area (Å²) >= 11 is 0. The Bertz CT molecular complexity index is 1200. The van der Waals surface area contributed by atoms with Gasteiger partial charge in [0.05, 0.1) is 5.56 Å². The maximum absolute atomic E-state index is 15.2. The standard InChI is InChI=1S/C30H30F6O2/c1-2-3-6-20-9-11-21(12-10-20)22-13-16-24(17-14-22)29(32,33)37-27-8-5-4-7-25(27)23-15-18-28(26(31)19-23)38-30(34,35)36/h4-5,7-8,13-21H,2-3,6,9-12H2,1H3. The molecule has 0 amide bonds. The molecule has 0 radical (unpaired) electrons. The number of benzene rings is 3. The molecule has 4 rings (SSSR count). The zero-order valence-corrected chi connectivity index (χ0v) is 21.0. The molecule has 0 saturated heterocycles. The van der Waals surface area contributed by atoms with Gasteiger partial charge < -0.3 is 9.47 Å². The van der Waals surface area contributed by atoms with Gasteiger partial charge in [0.15, 0.2) is 11.6 Å². The van der Waals surface area contributed by atoms with Crippen LogP contribution in [0.15, 0.2) is 66.7 Å². The maximum atomic E-state index is 15.2. The van der Waals surface area contributed by atoms with Gasteiger partial charge in [-0.15, -0.1) is 13.2 Å². The van der Waals surface area contributed by atoms with Crippen molar-refractivity contribution in [1.29, 1.82) is 0 Å². The Balaban J connectivity index is 1.47. The lowest BCUT2D eigenvalue weighted by molar-refractivity contribution is -0.275. The number of para-hydroxylation sites is 1. The Hall–Kier alpha value is -3.16. The van der Waals surface area contributed by atoms with E-state index >= 15 is 8.78 Å². The van der Waals surface area contributed by atoms with E-state index in [9.17, 15) is 17.6 Å². The molecule has 1 aliphatic rings. The SMILES string of the molecule is CCCCC1CCC(c2ccc(C(F)(F)Oc3ccccc3-c3ccc(OC(F)(F)F)c(F)c3)cc2)CC1. The molecule has 38 heavy (non-hydrogen) atoms. The summed E-state index contributed by atoms with van der Waals surface area (Å²) in [5.74, 6) is -1.42. The average molecular weight is 537 g/mol. The van der Waals surface area contributed by atoms with Gasteiger partial charge in [-0.3, -0.25) is 0 Å². The minimum atomic E-state index is -5.06. The van der Waals surface area contributed by atoms with Crippen LogP contribution in [0.3, 0.4) is 0 Å². The zero-order valence-electron chi connectivity index (χ0n) is 21.0. The van der Waals surface area contributed by atoms with Gasteiger partial charge in [-0.1, -0.05) is 62.6 Å². The monoisotopic (exact) mass is 536 g/mol. The van der Waals surface area contributed by atoms with Crippen molar-refractivity contribution in [1.82, 2.24) is 0 Å². The van der Waals surface area contributed by atoms with E-state index in [-0.39, 0.29) is 22.4 Å². The first-order valence-electron chi connectivity index (χ1n) is 12.9. The molecule has 8 heteroatoms. The first kappa shape index (κ1) is 27.9. The van der Waals surface area contributed by atoms with Crippen LogP contribution in [0, 0.1) is 11.7 Å². The predicted octanol–water partition coefficient (Wildman–Crippen LogP) is 9.98. The molecule has 0 heterocycles. The van der Waals surface area contributed by atoms with E-state index in [0.29, 0.717) is 5.92 Å². The largest absolute Gasteiger partial charge is 0.573 e. The summed E-state index contributed by atoms with van der Waals surface area (Å²) in [6.07, 6.45) is -0.630. The molecule has 1 saturated carbocycles. The van der Waals surface area contributed by atoms with Gasteiger partial charge in [0.25, 0.3) is 0 Å². The van der Waals surface area contributed by atoms with Crippen molar-refractivity contribution in [3.05, 3.63) is 83.7 Å². The van der Waals surface area contributed by atoms with E-state index in [1.165, 1.54) is 55.7 Å². The molecule has 3 aromatic rings. The quantitative estimate of drug-likeness (QED) is 0.253. The first-order valence-corrected chi connectivity index (χ1v) is 12.9. The van der Waals surface area contributed by atoms with Gasteiger partial charge in [-0.2, -0.15) is 8.78 Å². The van der Waals surface area contributed by atoms with Crippen molar-refractivity contribution in [2.45, 2.75) is 70.3 Å². The molecule has 0 unspecified atom stereocenters. The normalized spacial score (nSPS) is 18.3. The molecule has 204 valence electrons. The van der Waals surface area contributed by atoms with E-state index in [1.807, 2.05) is 0 Å². The van der Waals surface area contributed by atoms with Crippen LogP contribution >= 0.6 is 0 Å². The van der Waals surface area contributed by atoms with Crippen molar-refractivity contribution >= 4 is 0 Å². The number of ether oxygens (including phenoxy) is 2. The summed E-state index contributed by atoms with van der Waals surface area (Å²) in [4.78, 5) is 0. The lowest BCUT2D eigenvalue weighted by Crippen LogP contribution is -2.22. The number of rotatable bonds is 9. The molecule has 0 spiro atoms. The Morgan fingerprint density at radius 1 is 0.789 bits per heavy atom. The Morgan fingerprint density at radius 2 is 1.47 bits per heavy atom. The second-order valence-electron chi connectivity index (χ2n) is 9.79. The van der Waals surface area contributed by atoms with Crippen LogP contribution in [-0.4, -0.2) is 6.36 Å². The highest BCUT2D eigenvalue weighted by molar-refractivity contribution is 5.71. The first-order chi connectivity index (χ1) is 18.1. The number of hydrogen-bond acceptors (Lipinski definition) is 2. The molecule has 0 N–H and O–H groups in total. The lowest BCUT2D eigenvalue weighted by atomic mass is 9.77. The third kappa shape index (κ3) is 7.03. The van der Waals surface area contributed by atoms with Gasteiger partial charge in [0.1, 0.15) is 5.75 Å². The van der Waals surface area contributed by atoms with Crippen LogP contribution in [0.5, 0.6) is 11.5 Å². The summed E-state index contributed by atoms with van der Waals surface area (Å²) in [7, 11) is 0. The van der Waals surface area contributed by atoms with Crippen LogP contribution in [0.25, 0.3) is 11.1 Å². The smallest absolute Gasteiger partial charge is 0.428 e. The maximum Gasteiger partial charge on any atom is 0.573 e. The third-order valence-electron chi connectivity index (χ3n) is 7.12. The summed E-state index contributed by atoms with van der Waals surface area (Å²) < 4.78 is 90.7. The Kier molecular flexibility index (Phi) is 8.58. The summed E-state index contributed by atoms with van der Waals surface area (Å²) in [5.41, 5.74) is 0.873. The highest BCUT2D eigenvalue weighted by Crippen LogP contribution is 2.41. The second-order valence-corrected chi connectivity index (χ2v) is 9.79. The number of hydrogen-bond donors (Lipinski definition) is 0. The molecule has 0 aromatic heterocycles. The Morgan fingerprint density at radius 3 is 2.11 bits per heavy atom. The molecule has 3 aromatic carbocycles. The fraction of sp³-hybridized carbons (Fsp3) is 0.400. The molecular weight excluding hydrogens is 506 g/mol. The van der Waals surface area contributed by atoms with E-state index in [4.69, 9.17) is 4.74 Å². The van der Waals surface area contributed by atoms with Crippen molar-refractivity contribution < 1.29 is 35.8 Å². The van der Waals surface area contributed by atoms with Crippen LogP contribution in [0.2, 0.25) is 0 Å². The molecule has 1 fully saturated rings. The molecule has 1 aliphatic carbocycles. The Labute approximate surface area is 218 Å². The molecule has 2 nitrogen and oxygen atoms in total. The van der Waals surface area contributed by atoms with Gasteiger partial charge in [-0.25, -0.2) is 4.39 Å². The highest BCUT2D eigenvalue weighted by atomic mass is 19.4. The third-order valence-corrected chi connectivity index (χ3v) is 7.12. The summed E-state index contributed by atoms with van der Waals surface area (Å²) in [5, 5.41) is 0. The van der Waals surface area contributed by atoms with Crippen molar-refractivity contribution in [2.24, 2.45) is 5.92 Å². The van der Waals surface area contributed by atoms with Gasteiger partial charge >= 0.3 is 12.5 Å². The number of unbranched alkanes of at least 4 members (excludes halogenated alkanes) is 1. The van der Waals surface area contributed by atoms with Gasteiger partial charge in [0, 0.05) is 5.56 Å². The highest BCUT2D eigenvalue weighted by Gasteiger charge is 2.36. The summed E-state index contributed by atoms with van der Waals surface area (Å²) in [6.45, 7) is 2.19. The van der Waals surface area contributed by atoms with Crippen LogP contribution in [-0.2, 0) is 6.11 Å². The average Bonchev–Trinajstić information content (AvgIpc) is 2.88. The zero-order chi connectivity index (χ0) is 27.3. The molecule has 0 aliphatic heterocycles. The fourth-order valence-electron chi connectivity index (χ4n) is 5.09. The van der Waals surface area contributed by atoms with Crippen molar-refractivity contribution in [3.63, 3.8) is 0 Å². The fourth-order valence-corrected chi connectivity index (χ4v) is 5.09. The summed E-state index contributed by atoms with van der Waals surface area (Å²) in [6, 6.07) is 14.6. The van der Waals surface area contributed by atoms with E-state index < -0.39 is 24.0 Å². The number of halogens is 6. The minimum Gasteiger partial charge on any atom is -0.428 e. The van der Waals surface area contributed by atoms with Gasteiger partial charge in [0.2, 0.25) is 0 Å². The molecule has 0 atom stereocenters. The lowest BCUT2D eigenvalue weighted by Gasteiger charge is -2.29. The van der Waals surface area contributed by atoms with Crippen molar-refractivity contribution in [2.75, 3.05) is 0 Å². The van der Waals surface area contributed by atoms with E-state index in [1.54, 1.807) is 12.1 Å². The molecular formula is C30H30F6O2. The van der Waals surface area contributed by atoms with E-state index in [2.05, 4.69) is 11.7 Å².